The Labute approximate surface area is 107 Å². The van der Waals surface area contributed by atoms with Crippen LogP contribution in [0.4, 0.5) is 13.2 Å². The van der Waals surface area contributed by atoms with Crippen LogP contribution in [0.3, 0.4) is 0 Å². The van der Waals surface area contributed by atoms with Gasteiger partial charge in [0.1, 0.15) is 0 Å². The van der Waals surface area contributed by atoms with Crippen molar-refractivity contribution in [2.75, 3.05) is 0 Å². The summed E-state index contributed by atoms with van der Waals surface area (Å²) in [6.07, 6.45) is 0.690. The van der Waals surface area contributed by atoms with Crippen molar-refractivity contribution >= 4 is 27.0 Å². The van der Waals surface area contributed by atoms with E-state index >= 15 is 0 Å². The number of alkyl halides is 3. The highest BCUT2D eigenvalue weighted by Crippen LogP contribution is 2.24. The van der Waals surface area contributed by atoms with E-state index in [0.29, 0.717) is 6.21 Å². The van der Waals surface area contributed by atoms with Gasteiger partial charge in [0, 0.05) is 6.21 Å². The summed E-state index contributed by atoms with van der Waals surface area (Å²) in [5, 5.41) is 1.69. The Morgan fingerprint density at radius 2 is 1.63 bits per heavy atom. The third-order valence-corrected chi connectivity index (χ3v) is 3.37. The molecule has 0 aliphatic heterocycles. The summed E-state index contributed by atoms with van der Waals surface area (Å²) in [6, 6.07) is 11.9. The predicted octanol–water partition coefficient (Wildman–Crippen LogP) is 3.11. The van der Waals surface area contributed by atoms with Crippen LogP contribution in [0.15, 0.2) is 46.9 Å². The normalized spacial score (nSPS) is 13.2. The maximum Gasteiger partial charge on any atom is 0.518 e. The highest BCUT2D eigenvalue weighted by Gasteiger charge is 2.45. The number of nitrogens with zero attached hydrogens (tertiary/aromatic N) is 1. The van der Waals surface area contributed by atoms with Gasteiger partial charge in [0.25, 0.3) is 0 Å². The van der Waals surface area contributed by atoms with Gasteiger partial charge in [-0.3, -0.25) is 0 Å². The fourth-order valence-electron chi connectivity index (χ4n) is 1.48. The molecule has 0 saturated carbocycles. The summed E-state index contributed by atoms with van der Waals surface area (Å²) in [6.45, 7) is 0. The monoisotopic (exact) mass is 287 g/mol. The molecule has 2 aromatic carbocycles. The number of halogens is 3. The molecule has 0 saturated heterocycles. The fourth-order valence-corrected chi connectivity index (χ4v) is 1.86. The minimum Gasteiger partial charge on any atom is -0.195 e. The standard InChI is InChI=1S/C12H8F3NO2S/c13-12(14,15)19(17,18)16-8-9-5-6-10-3-1-2-4-11(10)7-9/h1-8H/b16-8+. The van der Waals surface area contributed by atoms with Crippen molar-refractivity contribution in [3.63, 3.8) is 0 Å². The van der Waals surface area contributed by atoms with Gasteiger partial charge in [-0.2, -0.15) is 26.0 Å². The van der Waals surface area contributed by atoms with Crippen LogP contribution in [0.5, 0.6) is 0 Å². The summed E-state index contributed by atoms with van der Waals surface area (Å²) in [5.74, 6) is 0. The van der Waals surface area contributed by atoms with Gasteiger partial charge in [0.2, 0.25) is 0 Å². The van der Waals surface area contributed by atoms with E-state index in [4.69, 9.17) is 0 Å². The first-order chi connectivity index (χ1) is 8.79. The van der Waals surface area contributed by atoms with Crippen LogP contribution in [0.1, 0.15) is 5.56 Å². The molecule has 0 bridgehead atoms. The molecule has 3 nitrogen and oxygen atoms in total. The molecule has 2 rings (SSSR count). The smallest absolute Gasteiger partial charge is 0.195 e. The number of fused-ring (bicyclic) bond motifs is 1. The van der Waals surface area contributed by atoms with E-state index in [1.54, 1.807) is 24.3 Å². The molecule has 100 valence electrons. The van der Waals surface area contributed by atoms with Gasteiger partial charge >= 0.3 is 15.5 Å². The molecular formula is C12H8F3NO2S. The van der Waals surface area contributed by atoms with Gasteiger partial charge < -0.3 is 0 Å². The fraction of sp³-hybridized carbons (Fsp3) is 0.0833. The second kappa shape index (κ2) is 4.65. The number of benzene rings is 2. The molecule has 0 heterocycles. The summed E-state index contributed by atoms with van der Waals surface area (Å²) in [5.41, 5.74) is -5.09. The summed E-state index contributed by atoms with van der Waals surface area (Å²) in [7, 11) is -5.48. The molecule has 0 aliphatic carbocycles. The van der Waals surface area contributed by atoms with Crippen LogP contribution in [-0.2, 0) is 10.0 Å². The van der Waals surface area contributed by atoms with Gasteiger partial charge in [0.15, 0.2) is 0 Å². The lowest BCUT2D eigenvalue weighted by Gasteiger charge is -2.02. The highest BCUT2D eigenvalue weighted by atomic mass is 32.2. The molecule has 0 spiro atoms. The van der Waals surface area contributed by atoms with E-state index < -0.39 is 15.5 Å². The molecule has 0 fully saturated rings. The van der Waals surface area contributed by atoms with Crippen LogP contribution in [-0.4, -0.2) is 20.1 Å². The molecule has 7 heteroatoms. The number of sulfonamides is 1. The molecule has 0 aromatic heterocycles. The second-order valence-electron chi connectivity index (χ2n) is 3.76. The van der Waals surface area contributed by atoms with Crippen molar-refractivity contribution in [3.8, 4) is 0 Å². The first kappa shape index (κ1) is 13.5. The largest absolute Gasteiger partial charge is 0.518 e. The lowest BCUT2D eigenvalue weighted by molar-refractivity contribution is -0.0435. The quantitative estimate of drug-likeness (QED) is 0.797. The van der Waals surface area contributed by atoms with Crippen LogP contribution in [0.25, 0.3) is 10.8 Å². The summed E-state index contributed by atoms with van der Waals surface area (Å²) >= 11 is 0. The zero-order valence-corrected chi connectivity index (χ0v) is 10.2. The minimum absolute atomic E-state index is 0.284. The Morgan fingerprint density at radius 1 is 1.00 bits per heavy atom. The Morgan fingerprint density at radius 3 is 2.26 bits per heavy atom. The predicted molar refractivity (Wildman–Crippen MR) is 66.5 cm³/mol. The van der Waals surface area contributed by atoms with Crippen LogP contribution >= 0.6 is 0 Å². The first-order valence-corrected chi connectivity index (χ1v) is 6.59. The van der Waals surface area contributed by atoms with E-state index in [-0.39, 0.29) is 5.56 Å². The van der Waals surface area contributed by atoms with Crippen LogP contribution in [0.2, 0.25) is 0 Å². The summed E-state index contributed by atoms with van der Waals surface area (Å²) in [4.78, 5) is 0. The second-order valence-corrected chi connectivity index (χ2v) is 5.39. The van der Waals surface area contributed by atoms with Gasteiger partial charge in [-0.15, -0.1) is 0 Å². The molecule has 0 N–H and O–H groups in total. The Balaban J connectivity index is 2.37. The maximum absolute atomic E-state index is 12.1. The molecule has 0 radical (unpaired) electrons. The maximum atomic E-state index is 12.1. The van der Waals surface area contributed by atoms with Crippen molar-refractivity contribution in [2.24, 2.45) is 4.40 Å². The van der Waals surface area contributed by atoms with E-state index in [0.717, 1.165) is 10.8 Å². The average molecular weight is 287 g/mol. The van der Waals surface area contributed by atoms with Gasteiger partial charge in [-0.1, -0.05) is 36.4 Å². The minimum atomic E-state index is -5.48. The SMILES string of the molecule is O=S(=O)(/N=C/c1ccc2ccccc2c1)C(F)(F)F. The average Bonchev–Trinajstić information content (AvgIpc) is 2.35. The summed E-state index contributed by atoms with van der Waals surface area (Å²) < 4.78 is 60.4. The van der Waals surface area contributed by atoms with E-state index in [2.05, 4.69) is 4.40 Å². The molecule has 2 aromatic rings. The third kappa shape index (κ3) is 2.93. The first-order valence-electron chi connectivity index (χ1n) is 5.15. The van der Waals surface area contributed by atoms with Crippen molar-refractivity contribution in [3.05, 3.63) is 48.0 Å². The van der Waals surface area contributed by atoms with Crippen LogP contribution in [0, 0.1) is 0 Å². The van der Waals surface area contributed by atoms with Gasteiger partial charge in [0.05, 0.1) is 0 Å². The zero-order valence-electron chi connectivity index (χ0n) is 9.42. The van der Waals surface area contributed by atoms with Crippen molar-refractivity contribution in [1.82, 2.24) is 0 Å². The molecular weight excluding hydrogens is 279 g/mol. The molecule has 0 amide bonds. The van der Waals surface area contributed by atoms with E-state index in [1.165, 1.54) is 6.07 Å². The number of rotatable bonds is 2. The van der Waals surface area contributed by atoms with Crippen molar-refractivity contribution in [1.29, 1.82) is 0 Å². The number of hydrogen-bond acceptors (Lipinski definition) is 2. The van der Waals surface area contributed by atoms with Crippen molar-refractivity contribution in [2.45, 2.75) is 5.51 Å². The highest BCUT2D eigenvalue weighted by molar-refractivity contribution is 7.91. The third-order valence-electron chi connectivity index (χ3n) is 2.41. The lowest BCUT2D eigenvalue weighted by Crippen LogP contribution is -2.20. The Hall–Kier alpha value is -1.89. The Bertz CT molecular complexity index is 736. The molecule has 19 heavy (non-hydrogen) atoms. The van der Waals surface area contributed by atoms with E-state index in [1.807, 2.05) is 12.1 Å². The van der Waals surface area contributed by atoms with Crippen LogP contribution < -0.4 is 0 Å². The van der Waals surface area contributed by atoms with E-state index in [9.17, 15) is 21.6 Å². The molecule has 0 aliphatic rings. The van der Waals surface area contributed by atoms with Crippen molar-refractivity contribution < 1.29 is 21.6 Å². The molecule has 0 atom stereocenters. The lowest BCUT2D eigenvalue weighted by atomic mass is 10.1. The number of hydrogen-bond donors (Lipinski definition) is 0. The topological polar surface area (TPSA) is 46.5 Å². The zero-order chi connectivity index (χ0) is 14.1. The van der Waals surface area contributed by atoms with Gasteiger partial charge in [-0.05, 0) is 22.4 Å². The van der Waals surface area contributed by atoms with Gasteiger partial charge in [-0.25, -0.2) is 0 Å². The molecule has 0 unspecified atom stereocenters. The Kier molecular flexibility index (Phi) is 3.32.